The van der Waals surface area contributed by atoms with Crippen molar-refractivity contribution < 1.29 is 4.79 Å². The third kappa shape index (κ3) is 1.44. The summed E-state index contributed by atoms with van der Waals surface area (Å²) in [5.74, 6) is 0.131. The number of pyridine rings is 1. The molecule has 0 spiro atoms. The second kappa shape index (κ2) is 3.92. The van der Waals surface area contributed by atoms with E-state index in [0.29, 0.717) is 0 Å². The van der Waals surface area contributed by atoms with Gasteiger partial charge in [0.05, 0.1) is 12.1 Å². The molecule has 1 aromatic carbocycles. The van der Waals surface area contributed by atoms with Crippen LogP contribution in [0.25, 0.3) is 0 Å². The minimum Gasteiger partial charge on any atom is -0.325 e. The van der Waals surface area contributed by atoms with Crippen molar-refractivity contribution in [3.8, 4) is 0 Å². The number of fused-ring (bicyclic) bond motifs is 5. The van der Waals surface area contributed by atoms with E-state index in [1.54, 1.807) is 24.5 Å². The number of hydrogen-bond acceptors (Lipinski definition) is 2. The van der Waals surface area contributed by atoms with Gasteiger partial charge in [0.2, 0.25) is 0 Å². The van der Waals surface area contributed by atoms with Crippen LogP contribution in [0, 0.1) is 0 Å². The molecule has 1 amide bonds. The van der Waals surface area contributed by atoms with Gasteiger partial charge in [-0.1, -0.05) is 24.3 Å². The lowest BCUT2D eigenvalue weighted by molar-refractivity contribution is 0.0697. The first-order chi connectivity index (χ1) is 9.36. The standard InChI is InChI=1S/C16H14N2O/c19-16(11-7-9-17-10-8-11)18-14-5-6-15(18)13-4-2-1-3-12(13)14/h1-4,7-10,14-15H,5-6H2. The summed E-state index contributed by atoms with van der Waals surface area (Å²) in [7, 11) is 0. The third-order valence-electron chi connectivity index (χ3n) is 4.26. The Morgan fingerprint density at radius 2 is 1.58 bits per heavy atom. The summed E-state index contributed by atoms with van der Waals surface area (Å²) in [6.07, 6.45) is 5.52. The van der Waals surface area contributed by atoms with E-state index in [2.05, 4.69) is 34.1 Å². The van der Waals surface area contributed by atoms with Crippen molar-refractivity contribution in [2.45, 2.75) is 24.9 Å². The first-order valence-electron chi connectivity index (χ1n) is 6.68. The van der Waals surface area contributed by atoms with Gasteiger partial charge in [-0.2, -0.15) is 0 Å². The van der Waals surface area contributed by atoms with Crippen molar-refractivity contribution in [2.24, 2.45) is 0 Å². The van der Waals surface area contributed by atoms with Gasteiger partial charge in [0, 0.05) is 18.0 Å². The zero-order valence-corrected chi connectivity index (χ0v) is 10.5. The number of hydrogen-bond donors (Lipinski definition) is 0. The van der Waals surface area contributed by atoms with E-state index in [9.17, 15) is 4.79 Å². The predicted molar refractivity (Wildman–Crippen MR) is 71.6 cm³/mol. The molecule has 2 aromatic rings. The average Bonchev–Trinajstić information content (AvgIpc) is 3.04. The quantitative estimate of drug-likeness (QED) is 0.779. The Labute approximate surface area is 111 Å². The van der Waals surface area contributed by atoms with Gasteiger partial charge >= 0.3 is 0 Å². The summed E-state index contributed by atoms with van der Waals surface area (Å²) in [6.45, 7) is 0. The summed E-state index contributed by atoms with van der Waals surface area (Å²) >= 11 is 0. The molecule has 3 heterocycles. The highest BCUT2D eigenvalue weighted by atomic mass is 16.2. The maximum absolute atomic E-state index is 12.7. The van der Waals surface area contributed by atoms with Crippen molar-refractivity contribution in [3.63, 3.8) is 0 Å². The second-order valence-corrected chi connectivity index (χ2v) is 5.19. The molecular weight excluding hydrogens is 236 g/mol. The van der Waals surface area contributed by atoms with Gasteiger partial charge in [-0.05, 0) is 36.1 Å². The maximum atomic E-state index is 12.7. The highest BCUT2D eigenvalue weighted by Crippen LogP contribution is 2.53. The molecule has 2 bridgehead atoms. The molecule has 0 radical (unpaired) electrons. The van der Waals surface area contributed by atoms with Gasteiger partial charge in [-0.15, -0.1) is 0 Å². The Balaban J connectivity index is 1.75. The van der Waals surface area contributed by atoms with Crippen LogP contribution in [0.5, 0.6) is 0 Å². The minimum absolute atomic E-state index is 0.131. The van der Waals surface area contributed by atoms with E-state index in [1.165, 1.54) is 11.1 Å². The van der Waals surface area contributed by atoms with Crippen molar-refractivity contribution >= 4 is 5.91 Å². The van der Waals surface area contributed by atoms with Gasteiger partial charge in [0.1, 0.15) is 0 Å². The third-order valence-corrected chi connectivity index (χ3v) is 4.26. The van der Waals surface area contributed by atoms with Crippen molar-refractivity contribution in [3.05, 3.63) is 65.5 Å². The van der Waals surface area contributed by atoms with Crippen molar-refractivity contribution in [2.75, 3.05) is 0 Å². The zero-order chi connectivity index (χ0) is 12.8. The van der Waals surface area contributed by atoms with Gasteiger partial charge in [-0.3, -0.25) is 9.78 Å². The smallest absolute Gasteiger partial charge is 0.254 e. The van der Waals surface area contributed by atoms with Crippen LogP contribution < -0.4 is 0 Å². The molecule has 1 fully saturated rings. The Morgan fingerprint density at radius 3 is 2.16 bits per heavy atom. The Hall–Kier alpha value is -2.16. The zero-order valence-electron chi connectivity index (χ0n) is 10.5. The maximum Gasteiger partial charge on any atom is 0.254 e. The molecule has 4 rings (SSSR count). The highest BCUT2D eigenvalue weighted by Gasteiger charge is 2.46. The van der Waals surface area contributed by atoms with Crippen LogP contribution in [0.1, 0.15) is 46.4 Å². The fourth-order valence-corrected chi connectivity index (χ4v) is 3.47. The molecule has 2 atom stereocenters. The highest BCUT2D eigenvalue weighted by molar-refractivity contribution is 5.95. The Morgan fingerprint density at radius 1 is 1.00 bits per heavy atom. The number of nitrogens with zero attached hydrogens (tertiary/aromatic N) is 2. The first kappa shape index (κ1) is 10.7. The van der Waals surface area contributed by atoms with Crippen LogP contribution in [0.4, 0.5) is 0 Å². The van der Waals surface area contributed by atoms with Crippen LogP contribution in [0.3, 0.4) is 0 Å². The first-order valence-corrected chi connectivity index (χ1v) is 6.68. The van der Waals surface area contributed by atoms with Gasteiger partial charge in [0.15, 0.2) is 0 Å². The summed E-state index contributed by atoms with van der Waals surface area (Å²) in [5.41, 5.74) is 3.40. The summed E-state index contributed by atoms with van der Waals surface area (Å²) in [5, 5.41) is 0. The molecule has 0 N–H and O–H groups in total. The number of carbonyl (C=O) groups is 1. The van der Waals surface area contributed by atoms with Crippen molar-refractivity contribution in [1.29, 1.82) is 0 Å². The van der Waals surface area contributed by atoms with E-state index < -0.39 is 0 Å². The predicted octanol–water partition coefficient (Wildman–Crippen LogP) is 3.11. The summed E-state index contributed by atoms with van der Waals surface area (Å²) in [6, 6.07) is 12.6. The number of amides is 1. The fourth-order valence-electron chi connectivity index (χ4n) is 3.47. The Bertz CT molecular complexity index is 607. The van der Waals surface area contributed by atoms with Crippen LogP contribution in [0.15, 0.2) is 48.8 Å². The lowest BCUT2D eigenvalue weighted by Crippen LogP contribution is -2.27. The van der Waals surface area contributed by atoms with Crippen LogP contribution in [-0.4, -0.2) is 15.8 Å². The largest absolute Gasteiger partial charge is 0.325 e. The normalized spacial score (nSPS) is 23.5. The van der Waals surface area contributed by atoms with Crippen LogP contribution in [-0.2, 0) is 0 Å². The van der Waals surface area contributed by atoms with E-state index >= 15 is 0 Å². The molecule has 0 aliphatic carbocycles. The lowest BCUT2D eigenvalue weighted by atomic mass is 9.92. The minimum atomic E-state index is 0.131. The number of carbonyl (C=O) groups excluding carboxylic acids is 1. The Kier molecular flexibility index (Phi) is 2.21. The molecular formula is C16H14N2O. The molecule has 1 saturated heterocycles. The molecule has 94 valence electrons. The summed E-state index contributed by atoms with van der Waals surface area (Å²) in [4.78, 5) is 18.7. The molecule has 0 saturated carbocycles. The van der Waals surface area contributed by atoms with E-state index in [-0.39, 0.29) is 18.0 Å². The molecule has 2 unspecified atom stereocenters. The van der Waals surface area contributed by atoms with Crippen LogP contribution >= 0.6 is 0 Å². The topological polar surface area (TPSA) is 33.2 Å². The molecule has 2 aliphatic heterocycles. The van der Waals surface area contributed by atoms with Gasteiger partial charge in [0.25, 0.3) is 5.91 Å². The van der Waals surface area contributed by atoms with E-state index in [1.807, 2.05) is 0 Å². The number of aromatic nitrogens is 1. The van der Waals surface area contributed by atoms with Crippen molar-refractivity contribution in [1.82, 2.24) is 9.88 Å². The number of benzene rings is 1. The van der Waals surface area contributed by atoms with E-state index in [4.69, 9.17) is 0 Å². The molecule has 3 nitrogen and oxygen atoms in total. The average molecular weight is 250 g/mol. The van der Waals surface area contributed by atoms with E-state index in [0.717, 1.165) is 18.4 Å². The fraction of sp³-hybridized carbons (Fsp3) is 0.250. The molecule has 2 aliphatic rings. The van der Waals surface area contributed by atoms with Crippen LogP contribution in [0.2, 0.25) is 0 Å². The lowest BCUT2D eigenvalue weighted by Gasteiger charge is -2.22. The van der Waals surface area contributed by atoms with Gasteiger partial charge in [-0.25, -0.2) is 0 Å². The summed E-state index contributed by atoms with van der Waals surface area (Å²) < 4.78 is 0. The second-order valence-electron chi connectivity index (χ2n) is 5.19. The molecule has 19 heavy (non-hydrogen) atoms. The molecule has 1 aromatic heterocycles. The number of rotatable bonds is 1. The SMILES string of the molecule is O=C(c1ccncc1)N1C2CCC1c1ccccc12. The monoisotopic (exact) mass is 250 g/mol. The van der Waals surface area contributed by atoms with Gasteiger partial charge < -0.3 is 4.90 Å². The molecule has 3 heteroatoms.